The summed E-state index contributed by atoms with van der Waals surface area (Å²) in [6.45, 7) is 6.19. The standard InChI is InChI=1S/C12H20N4O/c1-3-8-16(9-4-2)11-7-5-6-10(14-11)12(13)15-17/h5-7,17H,3-4,8-9H2,1-2H3,(H2,13,15). The Balaban J connectivity index is 2.95. The van der Waals surface area contributed by atoms with Gasteiger partial charge < -0.3 is 15.8 Å². The van der Waals surface area contributed by atoms with Gasteiger partial charge in [0.1, 0.15) is 11.5 Å². The molecule has 0 aromatic carbocycles. The number of hydrogen-bond acceptors (Lipinski definition) is 4. The summed E-state index contributed by atoms with van der Waals surface area (Å²) in [7, 11) is 0. The Hall–Kier alpha value is -1.78. The fourth-order valence-corrected chi connectivity index (χ4v) is 1.67. The highest BCUT2D eigenvalue weighted by molar-refractivity contribution is 5.95. The van der Waals surface area contributed by atoms with E-state index in [2.05, 4.69) is 28.9 Å². The number of amidine groups is 1. The molecule has 1 rings (SSSR count). The fourth-order valence-electron chi connectivity index (χ4n) is 1.67. The number of anilines is 1. The first-order chi connectivity index (χ1) is 8.22. The highest BCUT2D eigenvalue weighted by Gasteiger charge is 2.08. The van der Waals surface area contributed by atoms with Crippen molar-refractivity contribution in [1.29, 1.82) is 0 Å². The van der Waals surface area contributed by atoms with Crippen LogP contribution in [0.4, 0.5) is 5.82 Å². The zero-order chi connectivity index (χ0) is 12.7. The molecule has 0 saturated carbocycles. The van der Waals surface area contributed by atoms with E-state index < -0.39 is 0 Å². The van der Waals surface area contributed by atoms with E-state index in [9.17, 15) is 0 Å². The highest BCUT2D eigenvalue weighted by Crippen LogP contribution is 2.12. The molecular formula is C12H20N4O. The van der Waals surface area contributed by atoms with Crippen molar-refractivity contribution in [2.45, 2.75) is 26.7 Å². The molecule has 0 radical (unpaired) electrons. The quantitative estimate of drug-likeness (QED) is 0.342. The van der Waals surface area contributed by atoms with E-state index in [1.54, 1.807) is 6.07 Å². The van der Waals surface area contributed by atoms with Crippen LogP contribution in [-0.4, -0.2) is 29.1 Å². The number of rotatable bonds is 6. The van der Waals surface area contributed by atoms with Crippen LogP contribution >= 0.6 is 0 Å². The molecule has 0 fully saturated rings. The summed E-state index contributed by atoms with van der Waals surface area (Å²) in [4.78, 5) is 6.59. The number of aromatic nitrogens is 1. The molecule has 0 aliphatic heterocycles. The van der Waals surface area contributed by atoms with Crippen molar-refractivity contribution < 1.29 is 5.21 Å². The van der Waals surface area contributed by atoms with Gasteiger partial charge in [-0.3, -0.25) is 0 Å². The third-order valence-electron chi connectivity index (χ3n) is 2.42. The van der Waals surface area contributed by atoms with Gasteiger partial charge in [0.05, 0.1) is 0 Å². The summed E-state index contributed by atoms with van der Waals surface area (Å²) in [5.74, 6) is 0.914. The summed E-state index contributed by atoms with van der Waals surface area (Å²) in [5, 5.41) is 11.6. The van der Waals surface area contributed by atoms with E-state index in [0.717, 1.165) is 31.7 Å². The third-order valence-corrected chi connectivity index (χ3v) is 2.42. The van der Waals surface area contributed by atoms with E-state index >= 15 is 0 Å². The van der Waals surface area contributed by atoms with Gasteiger partial charge in [0.2, 0.25) is 0 Å². The van der Waals surface area contributed by atoms with Gasteiger partial charge in [-0.2, -0.15) is 0 Å². The smallest absolute Gasteiger partial charge is 0.188 e. The lowest BCUT2D eigenvalue weighted by Crippen LogP contribution is -2.27. The highest BCUT2D eigenvalue weighted by atomic mass is 16.4. The van der Waals surface area contributed by atoms with Gasteiger partial charge in [0, 0.05) is 13.1 Å². The zero-order valence-electron chi connectivity index (χ0n) is 10.4. The van der Waals surface area contributed by atoms with Crippen LogP contribution in [0.3, 0.4) is 0 Å². The molecule has 3 N–H and O–H groups in total. The van der Waals surface area contributed by atoms with Crippen molar-refractivity contribution in [3.8, 4) is 0 Å². The van der Waals surface area contributed by atoms with Crippen molar-refractivity contribution in [2.24, 2.45) is 10.9 Å². The molecule has 0 bridgehead atoms. The molecule has 0 unspecified atom stereocenters. The monoisotopic (exact) mass is 236 g/mol. The largest absolute Gasteiger partial charge is 0.409 e. The van der Waals surface area contributed by atoms with Gasteiger partial charge in [0.15, 0.2) is 5.84 Å². The lowest BCUT2D eigenvalue weighted by molar-refractivity contribution is 0.318. The minimum Gasteiger partial charge on any atom is -0.409 e. The van der Waals surface area contributed by atoms with E-state index in [-0.39, 0.29) is 5.84 Å². The van der Waals surface area contributed by atoms with E-state index in [0.29, 0.717) is 5.69 Å². The second-order valence-electron chi connectivity index (χ2n) is 3.85. The van der Waals surface area contributed by atoms with Crippen LogP contribution in [0, 0.1) is 0 Å². The van der Waals surface area contributed by atoms with Crippen molar-refractivity contribution in [3.63, 3.8) is 0 Å². The number of hydrogen-bond donors (Lipinski definition) is 2. The Bertz CT molecular complexity index is 373. The SMILES string of the molecule is CCCN(CCC)c1cccc(C(N)=NO)n1. The van der Waals surface area contributed by atoms with Gasteiger partial charge in [-0.25, -0.2) is 4.98 Å². The second kappa shape index (κ2) is 6.73. The first-order valence-corrected chi connectivity index (χ1v) is 5.92. The molecule has 5 nitrogen and oxygen atoms in total. The van der Waals surface area contributed by atoms with Crippen LogP contribution in [0.5, 0.6) is 0 Å². The predicted molar refractivity (Wildman–Crippen MR) is 69.5 cm³/mol. The van der Waals surface area contributed by atoms with Crippen LogP contribution < -0.4 is 10.6 Å². The number of oxime groups is 1. The minimum atomic E-state index is 0.0415. The normalized spacial score (nSPS) is 11.5. The molecule has 0 saturated heterocycles. The molecule has 1 aromatic rings. The molecule has 1 heterocycles. The maximum Gasteiger partial charge on any atom is 0.188 e. The van der Waals surface area contributed by atoms with E-state index in [4.69, 9.17) is 10.9 Å². The maximum absolute atomic E-state index is 8.63. The Morgan fingerprint density at radius 3 is 2.53 bits per heavy atom. The maximum atomic E-state index is 8.63. The molecule has 1 aromatic heterocycles. The van der Waals surface area contributed by atoms with Crippen LogP contribution in [0.2, 0.25) is 0 Å². The number of pyridine rings is 1. The van der Waals surface area contributed by atoms with Gasteiger partial charge in [0.25, 0.3) is 0 Å². The first kappa shape index (κ1) is 13.3. The number of nitrogens with zero attached hydrogens (tertiary/aromatic N) is 3. The Kier molecular flexibility index (Phi) is 5.26. The minimum absolute atomic E-state index is 0.0415. The van der Waals surface area contributed by atoms with Crippen molar-refractivity contribution in [3.05, 3.63) is 23.9 Å². The zero-order valence-corrected chi connectivity index (χ0v) is 10.4. The van der Waals surface area contributed by atoms with Crippen LogP contribution in [0.1, 0.15) is 32.4 Å². The van der Waals surface area contributed by atoms with Gasteiger partial charge in [-0.15, -0.1) is 0 Å². The Morgan fingerprint density at radius 2 is 2.00 bits per heavy atom. The average Bonchev–Trinajstić information content (AvgIpc) is 2.37. The van der Waals surface area contributed by atoms with Gasteiger partial charge in [-0.05, 0) is 25.0 Å². The summed E-state index contributed by atoms with van der Waals surface area (Å²) < 4.78 is 0. The molecule has 0 spiro atoms. The van der Waals surface area contributed by atoms with Gasteiger partial charge in [-0.1, -0.05) is 25.1 Å². The summed E-state index contributed by atoms with van der Waals surface area (Å²) in [6.07, 6.45) is 2.13. The topological polar surface area (TPSA) is 74.7 Å². The average molecular weight is 236 g/mol. The van der Waals surface area contributed by atoms with Crippen molar-refractivity contribution in [1.82, 2.24) is 4.98 Å². The van der Waals surface area contributed by atoms with E-state index in [1.165, 1.54) is 0 Å². The van der Waals surface area contributed by atoms with Crippen molar-refractivity contribution >= 4 is 11.7 Å². The molecular weight excluding hydrogens is 216 g/mol. The summed E-state index contributed by atoms with van der Waals surface area (Å²) in [6, 6.07) is 5.54. The Morgan fingerprint density at radius 1 is 1.35 bits per heavy atom. The fraction of sp³-hybridized carbons (Fsp3) is 0.500. The Labute approximate surface area is 102 Å². The lowest BCUT2D eigenvalue weighted by Gasteiger charge is -2.22. The predicted octanol–water partition coefficient (Wildman–Crippen LogP) is 1.80. The number of nitrogens with two attached hydrogens (primary N) is 1. The molecule has 0 aliphatic rings. The van der Waals surface area contributed by atoms with Gasteiger partial charge >= 0.3 is 0 Å². The van der Waals surface area contributed by atoms with Crippen LogP contribution in [0.25, 0.3) is 0 Å². The molecule has 5 heteroatoms. The summed E-state index contributed by atoms with van der Waals surface area (Å²) >= 11 is 0. The lowest BCUT2D eigenvalue weighted by atomic mass is 10.3. The molecule has 0 amide bonds. The second-order valence-corrected chi connectivity index (χ2v) is 3.85. The molecule has 17 heavy (non-hydrogen) atoms. The first-order valence-electron chi connectivity index (χ1n) is 5.92. The van der Waals surface area contributed by atoms with Crippen LogP contribution in [0.15, 0.2) is 23.4 Å². The van der Waals surface area contributed by atoms with E-state index in [1.807, 2.05) is 12.1 Å². The van der Waals surface area contributed by atoms with Crippen molar-refractivity contribution in [2.75, 3.05) is 18.0 Å². The molecule has 0 atom stereocenters. The molecule has 0 aliphatic carbocycles. The third kappa shape index (κ3) is 3.62. The summed E-state index contributed by atoms with van der Waals surface area (Å²) in [5.41, 5.74) is 6.03. The molecule has 94 valence electrons. The van der Waals surface area contributed by atoms with Crippen LogP contribution in [-0.2, 0) is 0 Å².